The first-order valence-corrected chi connectivity index (χ1v) is 6.66. The summed E-state index contributed by atoms with van der Waals surface area (Å²) in [6, 6.07) is 5.92. The summed E-state index contributed by atoms with van der Waals surface area (Å²) in [5.74, 6) is 0. The van der Waals surface area contributed by atoms with Gasteiger partial charge in [-0.3, -0.25) is 4.98 Å². The second kappa shape index (κ2) is 4.70. The lowest BCUT2D eigenvalue weighted by molar-refractivity contribution is 0.0541. The van der Waals surface area contributed by atoms with Crippen molar-refractivity contribution < 1.29 is 4.74 Å². The summed E-state index contributed by atoms with van der Waals surface area (Å²) in [6.45, 7) is 3.80. The first-order valence-electron chi connectivity index (χ1n) is 6.66. The maximum absolute atomic E-state index is 6.01. The number of ether oxygens (including phenoxy) is 1. The smallest absolute Gasteiger partial charge is 0.0693 e. The molecule has 4 heteroatoms. The average Bonchev–Trinajstić information content (AvgIpc) is 2.43. The van der Waals surface area contributed by atoms with E-state index in [-0.39, 0.29) is 5.54 Å². The molecule has 0 amide bonds. The number of nitrogen functional groups attached to an aromatic ring is 1. The molecule has 19 heavy (non-hydrogen) atoms. The molecule has 0 bridgehead atoms. The van der Waals surface area contributed by atoms with Gasteiger partial charge in [0.05, 0.1) is 12.1 Å². The molecule has 1 fully saturated rings. The van der Waals surface area contributed by atoms with Crippen molar-refractivity contribution in [2.75, 3.05) is 24.3 Å². The second-order valence-corrected chi connectivity index (χ2v) is 5.47. The number of nitrogens with one attached hydrogen (secondary N) is 1. The molecule has 2 heterocycles. The van der Waals surface area contributed by atoms with Gasteiger partial charge in [0.25, 0.3) is 0 Å². The zero-order valence-corrected chi connectivity index (χ0v) is 11.1. The van der Waals surface area contributed by atoms with Crippen molar-refractivity contribution in [3.63, 3.8) is 0 Å². The minimum atomic E-state index is -0.0167. The van der Waals surface area contributed by atoms with Gasteiger partial charge in [0.2, 0.25) is 0 Å². The highest BCUT2D eigenvalue weighted by molar-refractivity contribution is 6.00. The van der Waals surface area contributed by atoms with Gasteiger partial charge in [0, 0.05) is 41.1 Å². The lowest BCUT2D eigenvalue weighted by atomic mass is 9.94. The SMILES string of the molecule is CC1(Nc2ccc(N)c3ccncc23)CCCOC1. The van der Waals surface area contributed by atoms with Crippen LogP contribution in [0.25, 0.3) is 10.8 Å². The molecular formula is C15H19N3O. The number of nitrogens with two attached hydrogens (primary N) is 1. The summed E-state index contributed by atoms with van der Waals surface area (Å²) in [5, 5.41) is 5.71. The van der Waals surface area contributed by atoms with Crippen LogP contribution in [-0.4, -0.2) is 23.7 Å². The van der Waals surface area contributed by atoms with E-state index in [1.54, 1.807) is 6.20 Å². The molecule has 0 aliphatic carbocycles. The van der Waals surface area contributed by atoms with Gasteiger partial charge in [0.1, 0.15) is 0 Å². The molecule has 1 unspecified atom stereocenters. The molecule has 1 aromatic heterocycles. The fourth-order valence-corrected chi connectivity index (χ4v) is 2.68. The van der Waals surface area contributed by atoms with Crippen molar-refractivity contribution in [3.05, 3.63) is 30.6 Å². The Morgan fingerprint density at radius 2 is 2.21 bits per heavy atom. The Morgan fingerprint density at radius 3 is 3.00 bits per heavy atom. The highest BCUT2D eigenvalue weighted by Gasteiger charge is 2.27. The normalized spacial score (nSPS) is 23.4. The van der Waals surface area contributed by atoms with Crippen LogP contribution >= 0.6 is 0 Å². The Kier molecular flexibility index (Phi) is 3.03. The molecule has 1 atom stereocenters. The number of pyridine rings is 1. The van der Waals surface area contributed by atoms with Crippen LogP contribution in [0.15, 0.2) is 30.6 Å². The first kappa shape index (κ1) is 12.2. The largest absolute Gasteiger partial charge is 0.398 e. The lowest BCUT2D eigenvalue weighted by Gasteiger charge is -2.35. The highest BCUT2D eigenvalue weighted by atomic mass is 16.5. The van der Waals surface area contributed by atoms with Gasteiger partial charge < -0.3 is 15.8 Å². The van der Waals surface area contributed by atoms with Crippen LogP contribution in [0.5, 0.6) is 0 Å². The van der Waals surface area contributed by atoms with Gasteiger partial charge in [-0.2, -0.15) is 0 Å². The van der Waals surface area contributed by atoms with Crippen LogP contribution in [0.2, 0.25) is 0 Å². The molecule has 0 radical (unpaired) electrons. The van der Waals surface area contributed by atoms with E-state index in [4.69, 9.17) is 10.5 Å². The zero-order valence-electron chi connectivity index (χ0n) is 11.1. The summed E-state index contributed by atoms with van der Waals surface area (Å²) >= 11 is 0. The summed E-state index contributed by atoms with van der Waals surface area (Å²) in [5.41, 5.74) is 7.85. The van der Waals surface area contributed by atoms with Gasteiger partial charge in [-0.25, -0.2) is 0 Å². The number of anilines is 2. The molecule has 100 valence electrons. The third-order valence-electron chi connectivity index (χ3n) is 3.73. The van der Waals surface area contributed by atoms with Gasteiger partial charge in [-0.15, -0.1) is 0 Å². The third kappa shape index (κ3) is 2.36. The minimum absolute atomic E-state index is 0.0167. The van der Waals surface area contributed by atoms with Crippen molar-refractivity contribution >= 4 is 22.1 Å². The Hall–Kier alpha value is -1.81. The van der Waals surface area contributed by atoms with E-state index in [0.29, 0.717) is 0 Å². The van der Waals surface area contributed by atoms with Crippen molar-refractivity contribution in [2.45, 2.75) is 25.3 Å². The third-order valence-corrected chi connectivity index (χ3v) is 3.73. The fraction of sp³-hybridized carbons (Fsp3) is 0.400. The minimum Gasteiger partial charge on any atom is -0.398 e. The molecule has 3 N–H and O–H groups in total. The van der Waals surface area contributed by atoms with Crippen LogP contribution < -0.4 is 11.1 Å². The number of nitrogens with zero attached hydrogens (tertiary/aromatic N) is 1. The van der Waals surface area contributed by atoms with E-state index in [1.165, 1.54) is 0 Å². The van der Waals surface area contributed by atoms with Gasteiger partial charge in [0.15, 0.2) is 0 Å². The number of fused-ring (bicyclic) bond motifs is 1. The monoisotopic (exact) mass is 257 g/mol. The Bertz CT molecular complexity index is 591. The van der Waals surface area contributed by atoms with Gasteiger partial charge in [-0.05, 0) is 38.0 Å². The predicted octanol–water partition coefficient (Wildman–Crippen LogP) is 2.80. The Labute approximate surface area is 113 Å². The molecule has 1 aliphatic rings. The topological polar surface area (TPSA) is 60.2 Å². The van der Waals surface area contributed by atoms with Crippen molar-refractivity contribution in [2.24, 2.45) is 0 Å². The van der Waals surface area contributed by atoms with Gasteiger partial charge in [-0.1, -0.05) is 0 Å². The molecular weight excluding hydrogens is 238 g/mol. The molecule has 0 spiro atoms. The lowest BCUT2D eigenvalue weighted by Crippen LogP contribution is -2.43. The number of aromatic nitrogens is 1. The number of hydrogen-bond acceptors (Lipinski definition) is 4. The van der Waals surface area contributed by atoms with Crippen molar-refractivity contribution in [1.29, 1.82) is 0 Å². The van der Waals surface area contributed by atoms with Crippen LogP contribution in [0.4, 0.5) is 11.4 Å². The standard InChI is InChI=1S/C15H19N3O/c1-15(6-2-8-19-10-15)18-14-4-3-13(16)11-5-7-17-9-12(11)14/h3-5,7,9,18H,2,6,8,10,16H2,1H3. The van der Waals surface area contributed by atoms with Crippen LogP contribution in [0, 0.1) is 0 Å². The Balaban J connectivity index is 1.99. The van der Waals surface area contributed by atoms with E-state index >= 15 is 0 Å². The molecule has 1 saturated heterocycles. The number of hydrogen-bond donors (Lipinski definition) is 2. The molecule has 0 saturated carbocycles. The van der Waals surface area contributed by atoms with E-state index in [1.807, 2.05) is 24.4 Å². The van der Waals surface area contributed by atoms with Crippen LogP contribution in [-0.2, 0) is 4.74 Å². The van der Waals surface area contributed by atoms with E-state index in [0.717, 1.165) is 48.2 Å². The summed E-state index contributed by atoms with van der Waals surface area (Å²) in [7, 11) is 0. The predicted molar refractivity (Wildman–Crippen MR) is 78.2 cm³/mol. The molecule has 2 aromatic rings. The van der Waals surface area contributed by atoms with E-state index in [9.17, 15) is 0 Å². The quantitative estimate of drug-likeness (QED) is 0.812. The Morgan fingerprint density at radius 1 is 1.32 bits per heavy atom. The van der Waals surface area contributed by atoms with Crippen LogP contribution in [0.1, 0.15) is 19.8 Å². The van der Waals surface area contributed by atoms with Crippen molar-refractivity contribution in [3.8, 4) is 0 Å². The average molecular weight is 257 g/mol. The maximum atomic E-state index is 6.01. The second-order valence-electron chi connectivity index (χ2n) is 5.47. The summed E-state index contributed by atoms with van der Waals surface area (Å²) in [6.07, 6.45) is 5.84. The molecule has 3 rings (SSSR count). The first-order chi connectivity index (χ1) is 9.18. The molecule has 1 aliphatic heterocycles. The zero-order chi connectivity index (χ0) is 13.3. The fourth-order valence-electron chi connectivity index (χ4n) is 2.68. The van der Waals surface area contributed by atoms with Crippen LogP contribution in [0.3, 0.4) is 0 Å². The molecule has 4 nitrogen and oxygen atoms in total. The van der Waals surface area contributed by atoms with E-state index in [2.05, 4.69) is 17.2 Å². The van der Waals surface area contributed by atoms with Crippen molar-refractivity contribution in [1.82, 2.24) is 4.98 Å². The highest BCUT2D eigenvalue weighted by Crippen LogP contribution is 2.31. The number of benzene rings is 1. The summed E-state index contributed by atoms with van der Waals surface area (Å²) < 4.78 is 5.59. The molecule has 1 aromatic carbocycles. The van der Waals surface area contributed by atoms with Gasteiger partial charge >= 0.3 is 0 Å². The summed E-state index contributed by atoms with van der Waals surface area (Å²) in [4.78, 5) is 4.20. The number of rotatable bonds is 2. The van der Waals surface area contributed by atoms with E-state index < -0.39 is 0 Å². The maximum Gasteiger partial charge on any atom is 0.0693 e.